The lowest BCUT2D eigenvalue weighted by atomic mass is 9.69. The summed E-state index contributed by atoms with van der Waals surface area (Å²) in [4.78, 5) is 23.5. The van der Waals surface area contributed by atoms with E-state index in [4.69, 9.17) is 11.6 Å². The SMILES string of the molecule is O=C1NC[C@@H](C(=O)NC(c2ccc(F)c(Cl)c2F)[C@H]2C[C@H](C(F)(F)F)C2)N1. The minimum Gasteiger partial charge on any atom is -0.347 e. The van der Waals surface area contributed by atoms with Crippen LogP contribution in [-0.4, -0.2) is 30.7 Å². The molecule has 3 amide bonds. The molecule has 1 aliphatic heterocycles. The van der Waals surface area contributed by atoms with Gasteiger partial charge in [0.1, 0.15) is 22.7 Å². The fourth-order valence-electron chi connectivity index (χ4n) is 3.30. The van der Waals surface area contributed by atoms with Crippen molar-refractivity contribution in [3.63, 3.8) is 0 Å². The van der Waals surface area contributed by atoms with Crippen LogP contribution >= 0.6 is 11.6 Å². The monoisotopic (exact) mass is 411 g/mol. The molecule has 1 heterocycles. The van der Waals surface area contributed by atoms with Gasteiger partial charge in [-0.05, 0) is 24.8 Å². The number of halogens is 6. The smallest absolute Gasteiger partial charge is 0.347 e. The zero-order chi connectivity index (χ0) is 19.9. The van der Waals surface area contributed by atoms with Crippen molar-refractivity contribution in [2.45, 2.75) is 31.1 Å². The lowest BCUT2D eigenvalue weighted by Crippen LogP contribution is -2.49. The summed E-state index contributed by atoms with van der Waals surface area (Å²) >= 11 is 5.57. The number of rotatable bonds is 4. The maximum absolute atomic E-state index is 14.4. The largest absolute Gasteiger partial charge is 0.391 e. The van der Waals surface area contributed by atoms with Crippen molar-refractivity contribution >= 4 is 23.5 Å². The van der Waals surface area contributed by atoms with E-state index in [1.54, 1.807) is 0 Å². The van der Waals surface area contributed by atoms with Gasteiger partial charge in [-0.15, -0.1) is 0 Å². The number of carbonyl (C=O) groups excluding carboxylic acids is 2. The van der Waals surface area contributed by atoms with Crippen molar-refractivity contribution in [3.8, 4) is 0 Å². The van der Waals surface area contributed by atoms with E-state index in [2.05, 4.69) is 16.0 Å². The molecule has 11 heteroatoms. The summed E-state index contributed by atoms with van der Waals surface area (Å²) in [5.41, 5.74) is -0.197. The third-order valence-corrected chi connectivity index (χ3v) is 5.24. The van der Waals surface area contributed by atoms with E-state index in [1.165, 1.54) is 0 Å². The number of urea groups is 1. The Bertz CT molecular complexity index is 767. The Balaban J connectivity index is 1.83. The Labute approximate surface area is 155 Å². The number of carbonyl (C=O) groups is 2. The molecule has 1 aromatic rings. The lowest BCUT2D eigenvalue weighted by Gasteiger charge is -2.41. The number of hydrogen-bond acceptors (Lipinski definition) is 2. The molecule has 1 aromatic carbocycles. The molecule has 0 radical (unpaired) electrons. The van der Waals surface area contributed by atoms with E-state index >= 15 is 0 Å². The highest BCUT2D eigenvalue weighted by Crippen LogP contribution is 2.50. The predicted molar refractivity (Wildman–Crippen MR) is 84.8 cm³/mol. The molecular formula is C16H15ClF5N3O2. The molecule has 0 spiro atoms. The van der Waals surface area contributed by atoms with Gasteiger partial charge in [0, 0.05) is 12.1 Å². The van der Waals surface area contributed by atoms with Crippen LogP contribution in [0.4, 0.5) is 26.7 Å². The maximum atomic E-state index is 14.4. The summed E-state index contributed by atoms with van der Waals surface area (Å²) in [6.45, 7) is -0.0140. The Morgan fingerprint density at radius 3 is 2.48 bits per heavy atom. The fraction of sp³-hybridized carbons (Fsp3) is 0.500. The number of nitrogens with one attached hydrogen (secondary N) is 3. The quantitative estimate of drug-likeness (QED) is 0.526. The highest BCUT2D eigenvalue weighted by atomic mass is 35.5. The van der Waals surface area contributed by atoms with Crippen molar-refractivity contribution < 1.29 is 31.5 Å². The van der Waals surface area contributed by atoms with Gasteiger partial charge in [0.25, 0.3) is 0 Å². The molecule has 2 atom stereocenters. The second-order valence-electron chi connectivity index (χ2n) is 6.63. The van der Waals surface area contributed by atoms with Gasteiger partial charge in [0.2, 0.25) is 5.91 Å². The molecule has 0 bridgehead atoms. The number of amides is 3. The molecule has 2 aliphatic rings. The van der Waals surface area contributed by atoms with Gasteiger partial charge in [-0.1, -0.05) is 17.7 Å². The average Bonchev–Trinajstić information content (AvgIpc) is 2.96. The van der Waals surface area contributed by atoms with Crippen LogP contribution in [0.2, 0.25) is 5.02 Å². The second-order valence-corrected chi connectivity index (χ2v) is 7.01. The first-order valence-corrected chi connectivity index (χ1v) is 8.50. The Kier molecular flexibility index (Phi) is 5.20. The van der Waals surface area contributed by atoms with Gasteiger partial charge < -0.3 is 16.0 Å². The topological polar surface area (TPSA) is 70.2 Å². The van der Waals surface area contributed by atoms with Gasteiger partial charge in [0.15, 0.2) is 0 Å². The standard InChI is InChI=1S/C16H15ClF5N3O2/c17-11-9(18)2-1-8(12(11)19)13(6-3-7(4-6)16(20,21)22)25-14(26)10-5-23-15(27)24-10/h1-2,6-7,10,13H,3-5H2,(H,25,26)(H2,23,24,27)/t6-,7-,10-,13?/m0/s1. The van der Waals surface area contributed by atoms with E-state index in [-0.39, 0.29) is 24.9 Å². The van der Waals surface area contributed by atoms with Crippen molar-refractivity contribution in [3.05, 3.63) is 34.4 Å². The first-order valence-electron chi connectivity index (χ1n) is 8.12. The summed E-state index contributed by atoms with van der Waals surface area (Å²) in [5.74, 6) is -5.09. The molecule has 3 rings (SSSR count). The van der Waals surface area contributed by atoms with Crippen LogP contribution in [0, 0.1) is 23.5 Å². The van der Waals surface area contributed by atoms with Crippen LogP contribution in [0.25, 0.3) is 0 Å². The maximum Gasteiger partial charge on any atom is 0.391 e. The fourth-order valence-corrected chi connectivity index (χ4v) is 3.47. The van der Waals surface area contributed by atoms with Crippen LogP contribution in [0.3, 0.4) is 0 Å². The Morgan fingerprint density at radius 1 is 1.26 bits per heavy atom. The van der Waals surface area contributed by atoms with E-state index in [1.807, 2.05) is 0 Å². The van der Waals surface area contributed by atoms with Crippen LogP contribution < -0.4 is 16.0 Å². The van der Waals surface area contributed by atoms with Crippen molar-refractivity contribution in [1.29, 1.82) is 0 Å². The summed E-state index contributed by atoms with van der Waals surface area (Å²) in [6, 6.07) is -0.709. The summed E-state index contributed by atoms with van der Waals surface area (Å²) in [6.07, 6.45) is -5.00. The lowest BCUT2D eigenvalue weighted by molar-refractivity contribution is -0.207. The second kappa shape index (κ2) is 7.14. The molecule has 2 fully saturated rings. The van der Waals surface area contributed by atoms with E-state index < -0.39 is 58.7 Å². The minimum absolute atomic E-state index is 0.0140. The summed E-state index contributed by atoms with van der Waals surface area (Å²) < 4.78 is 66.3. The van der Waals surface area contributed by atoms with Gasteiger partial charge in [-0.25, -0.2) is 13.6 Å². The molecule has 148 valence electrons. The highest BCUT2D eigenvalue weighted by molar-refractivity contribution is 6.31. The van der Waals surface area contributed by atoms with Crippen molar-refractivity contribution in [1.82, 2.24) is 16.0 Å². The zero-order valence-corrected chi connectivity index (χ0v) is 14.4. The van der Waals surface area contributed by atoms with E-state index in [9.17, 15) is 31.5 Å². The highest BCUT2D eigenvalue weighted by Gasteiger charge is 2.51. The minimum atomic E-state index is -4.38. The molecule has 0 aromatic heterocycles. The van der Waals surface area contributed by atoms with Crippen LogP contribution in [0.1, 0.15) is 24.4 Å². The van der Waals surface area contributed by atoms with Crippen LogP contribution in [0.15, 0.2) is 12.1 Å². The first-order chi connectivity index (χ1) is 12.6. The third-order valence-electron chi connectivity index (χ3n) is 4.90. The molecule has 1 saturated heterocycles. The van der Waals surface area contributed by atoms with Gasteiger partial charge in [-0.3, -0.25) is 4.79 Å². The van der Waals surface area contributed by atoms with Crippen LogP contribution in [0.5, 0.6) is 0 Å². The number of benzene rings is 1. The zero-order valence-electron chi connectivity index (χ0n) is 13.7. The molecule has 27 heavy (non-hydrogen) atoms. The molecule has 1 unspecified atom stereocenters. The van der Waals surface area contributed by atoms with Crippen molar-refractivity contribution in [2.75, 3.05) is 6.54 Å². The van der Waals surface area contributed by atoms with E-state index in [0.717, 1.165) is 12.1 Å². The van der Waals surface area contributed by atoms with Crippen molar-refractivity contribution in [2.24, 2.45) is 11.8 Å². The first kappa shape index (κ1) is 19.7. The summed E-state index contributed by atoms with van der Waals surface area (Å²) in [5, 5.41) is 6.38. The number of hydrogen-bond donors (Lipinski definition) is 3. The average molecular weight is 412 g/mol. The third kappa shape index (κ3) is 3.95. The Morgan fingerprint density at radius 2 is 1.93 bits per heavy atom. The van der Waals surface area contributed by atoms with Crippen LogP contribution in [-0.2, 0) is 4.79 Å². The van der Waals surface area contributed by atoms with Gasteiger partial charge in [0.05, 0.1) is 12.0 Å². The predicted octanol–water partition coefficient (Wildman–Crippen LogP) is 3.05. The number of alkyl halides is 3. The summed E-state index contributed by atoms with van der Waals surface area (Å²) in [7, 11) is 0. The normalized spacial score (nSPS) is 26.0. The van der Waals surface area contributed by atoms with E-state index in [0.29, 0.717) is 0 Å². The van der Waals surface area contributed by atoms with Gasteiger partial charge in [-0.2, -0.15) is 13.2 Å². The Hall–Kier alpha value is -2.10. The molecule has 1 saturated carbocycles. The van der Waals surface area contributed by atoms with Gasteiger partial charge >= 0.3 is 12.2 Å². The molecular weight excluding hydrogens is 397 g/mol. The molecule has 5 nitrogen and oxygen atoms in total. The molecule has 3 N–H and O–H groups in total. The molecule has 1 aliphatic carbocycles.